The molecule has 0 radical (unpaired) electrons. The molecule has 0 fully saturated rings. The number of hydrogen-bond acceptors (Lipinski definition) is 4. The molecule has 0 aliphatic carbocycles. The van der Waals surface area contributed by atoms with Gasteiger partial charge in [-0.1, -0.05) is 17.7 Å². The zero-order valence-corrected chi connectivity index (χ0v) is 10.9. The second kappa shape index (κ2) is 7.15. The Bertz CT molecular complexity index is 468. The van der Waals surface area contributed by atoms with E-state index in [0.717, 1.165) is 5.56 Å². The third kappa shape index (κ3) is 5.20. The molecule has 0 heterocycles. The smallest absolute Gasteiger partial charge is 0.315 e. The molecule has 2 amide bonds. The summed E-state index contributed by atoms with van der Waals surface area (Å²) in [5, 5.41) is 0. The van der Waals surface area contributed by atoms with Crippen LogP contribution in [0, 0.1) is 6.92 Å². The Morgan fingerprint density at radius 2 is 1.74 bits per heavy atom. The molecular weight excluding hydrogens is 248 g/mol. The Balaban J connectivity index is 2.40. The second-order valence-corrected chi connectivity index (χ2v) is 3.85. The van der Waals surface area contributed by atoms with E-state index in [1.165, 1.54) is 0 Å². The molecule has 2 N–H and O–H groups in total. The summed E-state index contributed by atoms with van der Waals surface area (Å²) in [6.45, 7) is 3.76. The first-order valence-electron chi connectivity index (χ1n) is 5.84. The fourth-order valence-corrected chi connectivity index (χ4v) is 1.29. The van der Waals surface area contributed by atoms with Crippen LogP contribution in [0.15, 0.2) is 24.3 Å². The van der Waals surface area contributed by atoms with Gasteiger partial charge in [0, 0.05) is 5.56 Å². The van der Waals surface area contributed by atoms with Crippen LogP contribution in [0.4, 0.5) is 0 Å². The first-order chi connectivity index (χ1) is 9.02. The lowest BCUT2D eigenvalue weighted by molar-refractivity contribution is -0.146. The predicted molar refractivity (Wildman–Crippen MR) is 68.0 cm³/mol. The van der Waals surface area contributed by atoms with Gasteiger partial charge in [0.1, 0.15) is 6.42 Å². The molecule has 1 aromatic carbocycles. The summed E-state index contributed by atoms with van der Waals surface area (Å²) >= 11 is 0. The number of nitrogens with one attached hydrogen (secondary N) is 2. The van der Waals surface area contributed by atoms with Gasteiger partial charge >= 0.3 is 5.97 Å². The molecule has 0 aliphatic heterocycles. The number of ether oxygens (including phenoxy) is 1. The molecule has 0 saturated heterocycles. The maximum Gasteiger partial charge on any atom is 0.315 e. The largest absolute Gasteiger partial charge is 0.466 e. The van der Waals surface area contributed by atoms with E-state index < -0.39 is 24.2 Å². The standard InChI is InChI=1S/C13H16N2O4/c1-3-19-12(17)8-11(16)14-15-13(18)10-6-4-9(2)5-7-10/h4-7H,3,8H2,1-2H3,(H,14,16)(H,15,18). The Kier molecular flexibility index (Phi) is 5.53. The molecule has 0 aromatic heterocycles. The maximum atomic E-state index is 11.6. The predicted octanol–water partition coefficient (Wildman–Crippen LogP) is 0.709. The molecule has 19 heavy (non-hydrogen) atoms. The number of aryl methyl sites for hydroxylation is 1. The normalized spacial score (nSPS) is 9.58. The highest BCUT2D eigenvalue weighted by atomic mass is 16.5. The van der Waals surface area contributed by atoms with E-state index in [1.54, 1.807) is 31.2 Å². The Morgan fingerprint density at radius 3 is 2.32 bits per heavy atom. The zero-order chi connectivity index (χ0) is 14.3. The molecule has 0 spiro atoms. The molecule has 1 rings (SSSR count). The van der Waals surface area contributed by atoms with Crippen LogP contribution in [0.2, 0.25) is 0 Å². The molecule has 0 atom stereocenters. The van der Waals surface area contributed by atoms with E-state index in [0.29, 0.717) is 5.56 Å². The Labute approximate surface area is 111 Å². The first-order valence-corrected chi connectivity index (χ1v) is 5.84. The van der Waals surface area contributed by atoms with Gasteiger partial charge in [-0.15, -0.1) is 0 Å². The van der Waals surface area contributed by atoms with Crippen LogP contribution in [-0.4, -0.2) is 24.4 Å². The van der Waals surface area contributed by atoms with E-state index in [1.807, 2.05) is 6.92 Å². The van der Waals surface area contributed by atoms with Crippen molar-refractivity contribution in [3.8, 4) is 0 Å². The number of rotatable bonds is 4. The van der Waals surface area contributed by atoms with E-state index in [2.05, 4.69) is 15.6 Å². The zero-order valence-electron chi connectivity index (χ0n) is 10.9. The molecule has 1 aromatic rings. The van der Waals surface area contributed by atoms with Crippen LogP contribution < -0.4 is 10.9 Å². The van der Waals surface area contributed by atoms with Crippen molar-refractivity contribution in [2.75, 3.05) is 6.61 Å². The molecule has 0 bridgehead atoms. The highest BCUT2D eigenvalue weighted by molar-refractivity contribution is 5.98. The van der Waals surface area contributed by atoms with Crippen molar-refractivity contribution in [2.24, 2.45) is 0 Å². The highest BCUT2D eigenvalue weighted by Crippen LogP contribution is 2.02. The van der Waals surface area contributed by atoms with Crippen LogP contribution >= 0.6 is 0 Å². The minimum atomic E-state index is -0.635. The SMILES string of the molecule is CCOC(=O)CC(=O)NNC(=O)c1ccc(C)cc1. The summed E-state index contributed by atoms with van der Waals surface area (Å²) in [4.78, 5) is 33.9. The van der Waals surface area contributed by atoms with Crippen LogP contribution in [-0.2, 0) is 14.3 Å². The molecule has 6 nitrogen and oxygen atoms in total. The minimum absolute atomic E-state index is 0.210. The third-order valence-electron chi connectivity index (χ3n) is 2.24. The van der Waals surface area contributed by atoms with Crippen molar-refractivity contribution in [1.29, 1.82) is 0 Å². The molecule has 0 unspecified atom stereocenters. The van der Waals surface area contributed by atoms with Crippen molar-refractivity contribution in [1.82, 2.24) is 10.9 Å². The average molecular weight is 264 g/mol. The fraction of sp³-hybridized carbons (Fsp3) is 0.308. The van der Waals surface area contributed by atoms with E-state index in [4.69, 9.17) is 0 Å². The number of hydrogen-bond donors (Lipinski definition) is 2. The van der Waals surface area contributed by atoms with E-state index in [9.17, 15) is 14.4 Å². The van der Waals surface area contributed by atoms with Gasteiger partial charge in [-0.3, -0.25) is 25.2 Å². The number of hydrazine groups is 1. The first kappa shape index (κ1) is 14.7. The van der Waals surface area contributed by atoms with Gasteiger partial charge in [-0.25, -0.2) is 0 Å². The summed E-state index contributed by atoms with van der Waals surface area (Å²) < 4.78 is 4.60. The van der Waals surface area contributed by atoms with Gasteiger partial charge in [0.25, 0.3) is 5.91 Å². The molecule has 0 aliphatic rings. The average Bonchev–Trinajstić information content (AvgIpc) is 2.37. The fourth-order valence-electron chi connectivity index (χ4n) is 1.29. The number of benzene rings is 1. The molecule has 102 valence electrons. The van der Waals surface area contributed by atoms with Crippen LogP contribution in [0.25, 0.3) is 0 Å². The lowest BCUT2D eigenvalue weighted by atomic mass is 10.1. The minimum Gasteiger partial charge on any atom is -0.466 e. The number of carbonyl (C=O) groups is 3. The second-order valence-electron chi connectivity index (χ2n) is 3.85. The van der Waals surface area contributed by atoms with Crippen molar-refractivity contribution >= 4 is 17.8 Å². The number of carbonyl (C=O) groups excluding carboxylic acids is 3. The van der Waals surface area contributed by atoms with Gasteiger partial charge in [-0.05, 0) is 26.0 Å². The lowest BCUT2D eigenvalue weighted by Crippen LogP contribution is -2.42. The van der Waals surface area contributed by atoms with Crippen LogP contribution in [0.1, 0.15) is 29.3 Å². The molecular formula is C13H16N2O4. The van der Waals surface area contributed by atoms with Gasteiger partial charge in [0.05, 0.1) is 6.61 Å². The van der Waals surface area contributed by atoms with Crippen molar-refractivity contribution in [3.63, 3.8) is 0 Å². The highest BCUT2D eigenvalue weighted by Gasteiger charge is 2.11. The summed E-state index contributed by atoms with van der Waals surface area (Å²) in [6.07, 6.45) is -0.429. The maximum absolute atomic E-state index is 11.6. The molecule has 6 heteroatoms. The summed E-state index contributed by atoms with van der Waals surface area (Å²) in [6, 6.07) is 6.86. The lowest BCUT2D eigenvalue weighted by Gasteiger charge is -2.07. The number of amides is 2. The van der Waals surface area contributed by atoms with Gasteiger partial charge in [0.2, 0.25) is 5.91 Å². The van der Waals surface area contributed by atoms with Crippen LogP contribution in [0.5, 0.6) is 0 Å². The monoisotopic (exact) mass is 264 g/mol. The summed E-state index contributed by atoms with van der Waals surface area (Å²) in [5.74, 6) is -1.71. The van der Waals surface area contributed by atoms with Crippen molar-refractivity contribution in [2.45, 2.75) is 20.3 Å². The molecule has 0 saturated carbocycles. The van der Waals surface area contributed by atoms with Crippen molar-refractivity contribution < 1.29 is 19.1 Å². The van der Waals surface area contributed by atoms with Gasteiger partial charge in [0.15, 0.2) is 0 Å². The Morgan fingerprint density at radius 1 is 1.11 bits per heavy atom. The van der Waals surface area contributed by atoms with Crippen LogP contribution in [0.3, 0.4) is 0 Å². The quantitative estimate of drug-likeness (QED) is 0.476. The van der Waals surface area contributed by atoms with Crippen molar-refractivity contribution in [3.05, 3.63) is 35.4 Å². The topological polar surface area (TPSA) is 84.5 Å². The Hall–Kier alpha value is -2.37. The van der Waals surface area contributed by atoms with Gasteiger partial charge < -0.3 is 4.74 Å². The van der Waals surface area contributed by atoms with E-state index >= 15 is 0 Å². The number of esters is 1. The summed E-state index contributed by atoms with van der Waals surface area (Å²) in [7, 11) is 0. The van der Waals surface area contributed by atoms with E-state index in [-0.39, 0.29) is 6.61 Å². The van der Waals surface area contributed by atoms with Gasteiger partial charge in [-0.2, -0.15) is 0 Å². The third-order valence-corrected chi connectivity index (χ3v) is 2.24. The summed E-state index contributed by atoms with van der Waals surface area (Å²) in [5.41, 5.74) is 5.81.